The van der Waals surface area contributed by atoms with Crippen LogP contribution in [0.1, 0.15) is 43.2 Å². The third-order valence-corrected chi connectivity index (χ3v) is 7.37. The van der Waals surface area contributed by atoms with Crippen LogP contribution in [0.2, 0.25) is 0 Å². The van der Waals surface area contributed by atoms with Crippen LogP contribution in [0.3, 0.4) is 0 Å². The van der Waals surface area contributed by atoms with Crippen LogP contribution < -0.4 is 9.47 Å². The molecule has 1 amide bonds. The Morgan fingerprint density at radius 2 is 1.94 bits per heavy atom. The summed E-state index contributed by atoms with van der Waals surface area (Å²) in [5, 5.41) is 19.9. The van der Waals surface area contributed by atoms with Crippen molar-refractivity contribution in [2.24, 2.45) is 11.3 Å². The molecule has 1 saturated carbocycles. The molecule has 1 saturated heterocycles. The van der Waals surface area contributed by atoms with Crippen LogP contribution in [-0.2, 0) is 4.79 Å². The Hall–Kier alpha value is -2.57. The van der Waals surface area contributed by atoms with Gasteiger partial charge in [-0.05, 0) is 42.5 Å². The Morgan fingerprint density at radius 1 is 1.19 bits per heavy atom. The number of hydrogen-bond acceptors (Lipinski definition) is 5. The molecule has 32 heavy (non-hydrogen) atoms. The van der Waals surface area contributed by atoms with E-state index in [9.17, 15) is 15.0 Å². The minimum Gasteiger partial charge on any atom is -0.493 e. The molecule has 2 aromatic rings. The van der Waals surface area contributed by atoms with Crippen LogP contribution in [0, 0.1) is 11.3 Å². The van der Waals surface area contributed by atoms with E-state index in [2.05, 4.69) is 24.3 Å². The summed E-state index contributed by atoms with van der Waals surface area (Å²) < 4.78 is 11.8. The predicted molar refractivity (Wildman–Crippen MR) is 122 cm³/mol. The van der Waals surface area contributed by atoms with E-state index in [4.69, 9.17) is 9.47 Å². The molecule has 0 bridgehead atoms. The van der Waals surface area contributed by atoms with Gasteiger partial charge in [-0.1, -0.05) is 43.3 Å². The number of methoxy groups -OCH3 is 1. The van der Waals surface area contributed by atoms with Crippen molar-refractivity contribution in [3.05, 3.63) is 59.7 Å². The van der Waals surface area contributed by atoms with E-state index in [1.54, 1.807) is 18.9 Å². The monoisotopic (exact) mass is 439 g/mol. The SMILES string of the molecule is COc1ccc([C@@H]2CN(C(=O)CO)C[C@@]2(C)[C@@H](C)O)cc1OCC1CC1c1ccccc1. The minimum atomic E-state index is -0.617. The van der Waals surface area contributed by atoms with E-state index < -0.39 is 18.1 Å². The fourth-order valence-electron chi connectivity index (χ4n) is 4.97. The molecule has 0 radical (unpaired) electrons. The number of amides is 1. The van der Waals surface area contributed by atoms with E-state index in [1.165, 1.54) is 5.56 Å². The highest BCUT2D eigenvalue weighted by molar-refractivity contribution is 5.77. The number of likely N-dealkylation sites (tertiary alicyclic amines) is 1. The second-order valence-corrected chi connectivity index (χ2v) is 9.40. The van der Waals surface area contributed by atoms with Gasteiger partial charge in [0.1, 0.15) is 6.61 Å². The van der Waals surface area contributed by atoms with Crippen LogP contribution >= 0.6 is 0 Å². The smallest absolute Gasteiger partial charge is 0.248 e. The van der Waals surface area contributed by atoms with Crippen LogP contribution in [-0.4, -0.2) is 60.5 Å². The van der Waals surface area contributed by atoms with Crippen LogP contribution in [0.4, 0.5) is 0 Å². The summed E-state index contributed by atoms with van der Waals surface area (Å²) in [5.74, 6) is 1.98. The summed E-state index contributed by atoms with van der Waals surface area (Å²) >= 11 is 0. The number of benzene rings is 2. The molecule has 2 fully saturated rings. The summed E-state index contributed by atoms with van der Waals surface area (Å²) in [6.45, 7) is 4.70. The lowest BCUT2D eigenvalue weighted by atomic mass is 9.72. The molecule has 172 valence electrons. The maximum absolute atomic E-state index is 12.2. The van der Waals surface area contributed by atoms with E-state index in [0.717, 1.165) is 12.0 Å². The lowest BCUT2D eigenvalue weighted by Crippen LogP contribution is -2.38. The fourth-order valence-corrected chi connectivity index (χ4v) is 4.97. The first-order chi connectivity index (χ1) is 15.4. The Kier molecular flexibility index (Phi) is 6.45. The fraction of sp³-hybridized carbons (Fsp3) is 0.500. The van der Waals surface area contributed by atoms with Crippen LogP contribution in [0.5, 0.6) is 11.5 Å². The number of ether oxygens (including phenoxy) is 2. The first-order valence-electron chi connectivity index (χ1n) is 11.3. The molecule has 4 rings (SSSR count). The van der Waals surface area contributed by atoms with Gasteiger partial charge in [0.2, 0.25) is 5.91 Å². The van der Waals surface area contributed by atoms with E-state index >= 15 is 0 Å². The van der Waals surface area contributed by atoms with Crippen molar-refractivity contribution in [1.29, 1.82) is 0 Å². The molecule has 1 aliphatic carbocycles. The second kappa shape index (κ2) is 9.12. The second-order valence-electron chi connectivity index (χ2n) is 9.40. The van der Waals surface area contributed by atoms with Crippen LogP contribution in [0.25, 0.3) is 0 Å². The Balaban J connectivity index is 1.52. The highest BCUT2D eigenvalue weighted by Crippen LogP contribution is 2.49. The van der Waals surface area contributed by atoms with Gasteiger partial charge in [0, 0.05) is 30.3 Å². The topological polar surface area (TPSA) is 79.2 Å². The van der Waals surface area contributed by atoms with Gasteiger partial charge in [0.15, 0.2) is 11.5 Å². The van der Waals surface area contributed by atoms with Gasteiger partial charge in [-0.3, -0.25) is 4.79 Å². The zero-order valence-electron chi connectivity index (χ0n) is 19.0. The number of aliphatic hydroxyl groups is 2. The van der Waals surface area contributed by atoms with E-state index in [0.29, 0.717) is 43.0 Å². The molecule has 2 aromatic carbocycles. The predicted octanol–water partition coefficient (Wildman–Crippen LogP) is 3.18. The van der Waals surface area contributed by atoms with Crippen molar-refractivity contribution in [1.82, 2.24) is 4.90 Å². The Bertz CT molecular complexity index is 946. The number of aliphatic hydroxyl groups excluding tert-OH is 2. The summed E-state index contributed by atoms with van der Waals surface area (Å²) in [6.07, 6.45) is 0.501. The molecule has 0 aromatic heterocycles. The van der Waals surface area contributed by atoms with Crippen molar-refractivity contribution in [2.45, 2.75) is 38.2 Å². The normalized spacial score (nSPS) is 27.8. The molecule has 1 heterocycles. The van der Waals surface area contributed by atoms with Gasteiger partial charge in [0.05, 0.1) is 19.8 Å². The number of carbonyl (C=O) groups excluding carboxylic acids is 1. The highest BCUT2D eigenvalue weighted by Gasteiger charge is 2.48. The standard InChI is InChI=1S/C26H33NO5/c1-17(29)26(2)16-27(25(30)14-28)13-22(26)19-9-10-23(31-3)24(12-19)32-15-20-11-21(20)18-7-5-4-6-8-18/h4-10,12,17,20-22,28-29H,11,13-16H2,1-3H3/t17-,20?,21?,22+,26+/m1/s1. The quantitative estimate of drug-likeness (QED) is 0.661. The maximum atomic E-state index is 12.2. The Labute approximate surface area is 189 Å². The van der Waals surface area contributed by atoms with Crippen LogP contribution in [0.15, 0.2) is 48.5 Å². The van der Waals surface area contributed by atoms with Gasteiger partial charge in [0.25, 0.3) is 0 Å². The average molecular weight is 440 g/mol. The summed E-state index contributed by atoms with van der Waals surface area (Å²) in [5.41, 5.74) is 1.83. The Morgan fingerprint density at radius 3 is 2.59 bits per heavy atom. The average Bonchev–Trinajstić information content (AvgIpc) is 3.50. The molecular formula is C26H33NO5. The van der Waals surface area contributed by atoms with Gasteiger partial charge in [-0.15, -0.1) is 0 Å². The first-order valence-corrected chi connectivity index (χ1v) is 11.3. The molecule has 5 atom stereocenters. The maximum Gasteiger partial charge on any atom is 0.248 e. The zero-order chi connectivity index (χ0) is 22.9. The number of nitrogens with zero attached hydrogens (tertiary/aromatic N) is 1. The van der Waals surface area contributed by atoms with Gasteiger partial charge in [-0.25, -0.2) is 0 Å². The lowest BCUT2D eigenvalue weighted by molar-refractivity contribution is -0.133. The van der Waals surface area contributed by atoms with E-state index in [1.807, 2.05) is 31.2 Å². The van der Waals surface area contributed by atoms with E-state index in [-0.39, 0.29) is 11.8 Å². The molecule has 0 spiro atoms. The largest absolute Gasteiger partial charge is 0.493 e. The minimum absolute atomic E-state index is 0.0794. The van der Waals surface area contributed by atoms with Crippen molar-refractivity contribution in [3.8, 4) is 11.5 Å². The number of rotatable bonds is 8. The zero-order valence-corrected chi connectivity index (χ0v) is 19.0. The van der Waals surface area contributed by atoms with Crippen molar-refractivity contribution >= 4 is 5.91 Å². The molecule has 2 aliphatic rings. The molecule has 2 unspecified atom stereocenters. The molecule has 6 heteroatoms. The molecule has 1 aliphatic heterocycles. The van der Waals surface area contributed by atoms with Gasteiger partial charge < -0.3 is 24.6 Å². The molecule has 2 N–H and O–H groups in total. The molecular weight excluding hydrogens is 406 g/mol. The third-order valence-electron chi connectivity index (χ3n) is 7.37. The summed E-state index contributed by atoms with van der Waals surface area (Å²) in [4.78, 5) is 13.8. The summed E-state index contributed by atoms with van der Waals surface area (Å²) in [6, 6.07) is 16.4. The van der Waals surface area contributed by atoms with Crippen molar-refractivity contribution in [3.63, 3.8) is 0 Å². The molecule has 6 nitrogen and oxygen atoms in total. The first kappa shape index (κ1) is 22.6. The van der Waals surface area contributed by atoms with Gasteiger partial charge >= 0.3 is 0 Å². The highest BCUT2D eigenvalue weighted by atomic mass is 16.5. The van der Waals surface area contributed by atoms with Gasteiger partial charge in [-0.2, -0.15) is 0 Å². The van der Waals surface area contributed by atoms with Crippen molar-refractivity contribution < 1.29 is 24.5 Å². The number of hydrogen-bond donors (Lipinski definition) is 2. The number of carbonyl (C=O) groups is 1. The lowest BCUT2D eigenvalue weighted by Gasteiger charge is -2.33. The third kappa shape index (κ3) is 4.34. The van der Waals surface area contributed by atoms with Crippen molar-refractivity contribution in [2.75, 3.05) is 33.4 Å². The summed E-state index contributed by atoms with van der Waals surface area (Å²) in [7, 11) is 1.63.